The van der Waals surface area contributed by atoms with Crippen LogP contribution in [-0.4, -0.2) is 0 Å². The fraction of sp³-hybridized carbons (Fsp3) is 0. The summed E-state index contributed by atoms with van der Waals surface area (Å²) in [5.74, 6) is 0. The Kier molecular flexibility index (Phi) is 2.00. The summed E-state index contributed by atoms with van der Waals surface area (Å²) in [6, 6.07) is -22.4. The first-order chi connectivity index (χ1) is 32.7. The summed E-state index contributed by atoms with van der Waals surface area (Å²) in [4.78, 5) is 0. The number of rotatable bonds is 3. The third-order valence-corrected chi connectivity index (χ3v) is 7.62. The van der Waals surface area contributed by atoms with E-state index >= 15 is 0 Å². The first-order valence-electron chi connectivity index (χ1n) is 26.2. The van der Waals surface area contributed by atoms with Crippen molar-refractivity contribution in [2.45, 2.75) is 0 Å². The van der Waals surface area contributed by atoms with Crippen LogP contribution in [0.4, 0.5) is 0 Å². The molecule has 0 heterocycles. The zero-order valence-corrected chi connectivity index (χ0v) is 22.0. The van der Waals surface area contributed by atoms with Gasteiger partial charge in [0.15, 0.2) is 0 Å². The van der Waals surface area contributed by atoms with Crippen molar-refractivity contribution < 1.29 is 35.6 Å². The van der Waals surface area contributed by atoms with Crippen LogP contribution in [0, 0.1) is 0 Å². The topological polar surface area (TPSA) is 0 Å². The standard InChI is InChI=1S/C44H26/c1-2-6-27(7-3-1)34-24-35(37-20-16-32-14-12-28-8-4-10-30-18-22-39(37)43(32)41(28)30)26-36(25-34)38-21-17-33-15-13-29-9-5-11-31-19-23-40(38)44(33)42(29)31/h1-26H/i1D,2D,3D,4D,5D,6D,7D,8D,9D,10D,11D,12D,13D,14D,15D,16D,17D,18D,19D,20D,21D,22D,23D,24D,25D,26D. The van der Waals surface area contributed by atoms with Gasteiger partial charge in [-0.1, -0.05) is 139 Å². The normalized spacial score (nSPS) is 20.4. The maximum absolute atomic E-state index is 10.0. The summed E-state index contributed by atoms with van der Waals surface area (Å²) in [5.41, 5.74) is -4.94. The highest BCUT2D eigenvalue weighted by Crippen LogP contribution is 2.44. The SMILES string of the molecule is [2H]c1c([2H])c([2H])c(-c2c([2H])c(-c3c([2H])c([2H])c4c([2H])c([2H])c5c([2H])c([2H])c([2H])c6c([2H])c([2H])c3c4c56)c([2H])c(-c3c([2H])c([2H])c4c([2H])c([2H])c5c([2H])c([2H])c([2H])c6c([2H])c([2H])c3c4c56)c2[2H])c([2H])c1[2H]. The molecule has 0 bridgehead atoms. The third kappa shape index (κ3) is 3.34. The van der Waals surface area contributed by atoms with Gasteiger partial charge in [-0.15, -0.1) is 0 Å². The van der Waals surface area contributed by atoms with E-state index in [1.807, 2.05) is 0 Å². The van der Waals surface area contributed by atoms with E-state index in [1.165, 1.54) is 0 Å². The summed E-state index contributed by atoms with van der Waals surface area (Å²) in [5, 5.41) is -5.23. The first-order valence-corrected chi connectivity index (χ1v) is 13.2. The van der Waals surface area contributed by atoms with Crippen molar-refractivity contribution in [1.82, 2.24) is 0 Å². The molecule has 0 aromatic heterocycles. The van der Waals surface area contributed by atoms with Gasteiger partial charge in [-0.25, -0.2) is 0 Å². The van der Waals surface area contributed by atoms with Gasteiger partial charge in [0.2, 0.25) is 0 Å². The Morgan fingerprint density at radius 3 is 1.14 bits per heavy atom. The molecular formula is C44H26. The van der Waals surface area contributed by atoms with Gasteiger partial charge >= 0.3 is 0 Å². The van der Waals surface area contributed by atoms with Crippen LogP contribution in [0.5, 0.6) is 0 Å². The Morgan fingerprint density at radius 2 is 0.659 bits per heavy atom. The lowest BCUT2D eigenvalue weighted by Crippen LogP contribution is -1.91. The zero-order valence-electron chi connectivity index (χ0n) is 48.0. The largest absolute Gasteiger partial charge is 0.0636 e. The summed E-state index contributed by atoms with van der Waals surface area (Å²) < 4.78 is 236. The monoisotopic (exact) mass is 580 g/mol. The molecule has 0 atom stereocenters. The quantitative estimate of drug-likeness (QED) is 0.182. The van der Waals surface area contributed by atoms with Crippen LogP contribution >= 0.6 is 0 Å². The molecule has 0 heteroatoms. The lowest BCUT2D eigenvalue weighted by atomic mass is 9.86. The van der Waals surface area contributed by atoms with Gasteiger partial charge in [0.25, 0.3) is 0 Å². The zero-order chi connectivity index (χ0) is 51.4. The van der Waals surface area contributed by atoms with Crippen LogP contribution in [0.2, 0.25) is 0 Å². The van der Waals surface area contributed by atoms with Crippen LogP contribution in [0.1, 0.15) is 35.6 Å². The van der Waals surface area contributed by atoms with E-state index in [0.29, 0.717) is 0 Å². The molecule has 10 aromatic carbocycles. The van der Waals surface area contributed by atoms with Crippen LogP contribution in [-0.2, 0) is 0 Å². The third-order valence-electron chi connectivity index (χ3n) is 7.62. The fourth-order valence-electron chi connectivity index (χ4n) is 5.72. The minimum absolute atomic E-state index is 0.312. The molecule has 0 fully saturated rings. The van der Waals surface area contributed by atoms with Gasteiger partial charge < -0.3 is 0 Å². The van der Waals surface area contributed by atoms with Crippen molar-refractivity contribution >= 4 is 64.6 Å². The Hall–Kier alpha value is -5.72. The molecule has 202 valence electrons. The molecule has 10 rings (SSSR count). The number of hydrogen-bond acceptors (Lipinski definition) is 0. The van der Waals surface area contributed by atoms with E-state index in [1.54, 1.807) is 0 Å². The van der Waals surface area contributed by atoms with Crippen molar-refractivity contribution in [1.29, 1.82) is 0 Å². The second-order valence-electron chi connectivity index (χ2n) is 10.0. The summed E-state index contributed by atoms with van der Waals surface area (Å²) >= 11 is 0. The predicted molar refractivity (Wildman–Crippen MR) is 190 cm³/mol. The molecule has 0 unspecified atom stereocenters. The molecule has 44 heavy (non-hydrogen) atoms. The highest BCUT2D eigenvalue weighted by atomic mass is 14.2. The molecule has 0 amide bonds. The van der Waals surface area contributed by atoms with Crippen LogP contribution in [0.25, 0.3) is 98.0 Å². The minimum Gasteiger partial charge on any atom is -0.0622 e. The maximum atomic E-state index is 10.0. The molecule has 0 saturated carbocycles. The summed E-state index contributed by atoms with van der Waals surface area (Å²) in [6.45, 7) is 0. The van der Waals surface area contributed by atoms with Crippen molar-refractivity contribution in [3.63, 3.8) is 0 Å². The summed E-state index contributed by atoms with van der Waals surface area (Å²) in [6.07, 6.45) is 0. The molecule has 0 saturated heterocycles. The predicted octanol–water partition coefficient (Wildman–Crippen LogP) is 12.5. The van der Waals surface area contributed by atoms with Gasteiger partial charge in [0.05, 0.1) is 35.6 Å². The molecule has 0 N–H and O–H groups in total. The van der Waals surface area contributed by atoms with Gasteiger partial charge in [-0.2, -0.15) is 0 Å². The molecular weight excluding hydrogens is 528 g/mol. The van der Waals surface area contributed by atoms with Crippen LogP contribution in [0.15, 0.2) is 157 Å². The van der Waals surface area contributed by atoms with E-state index in [0.717, 1.165) is 0 Å². The first kappa shape index (κ1) is 9.91. The van der Waals surface area contributed by atoms with E-state index in [-0.39, 0.29) is 21.5 Å². The van der Waals surface area contributed by atoms with Crippen molar-refractivity contribution in [2.24, 2.45) is 0 Å². The van der Waals surface area contributed by atoms with E-state index < -0.39 is 234 Å². The molecule has 0 nitrogen and oxygen atoms in total. The summed E-state index contributed by atoms with van der Waals surface area (Å²) in [7, 11) is 0. The molecule has 0 aliphatic heterocycles. The molecule has 0 aliphatic carbocycles. The smallest absolute Gasteiger partial charge is 0.0622 e. The number of hydrogen-bond donors (Lipinski definition) is 0. The van der Waals surface area contributed by atoms with Crippen molar-refractivity contribution in [2.75, 3.05) is 0 Å². The second kappa shape index (κ2) is 8.89. The molecule has 0 spiro atoms. The molecule has 0 aliphatic rings. The van der Waals surface area contributed by atoms with Gasteiger partial charge in [-0.3, -0.25) is 0 Å². The average Bonchev–Trinajstić information content (AvgIpc) is 3.31. The highest BCUT2D eigenvalue weighted by Gasteiger charge is 2.16. The Labute approximate surface area is 291 Å². The molecule has 10 aromatic rings. The van der Waals surface area contributed by atoms with E-state index in [9.17, 15) is 15.1 Å². The van der Waals surface area contributed by atoms with E-state index in [4.69, 9.17) is 20.6 Å². The lowest BCUT2D eigenvalue weighted by Gasteiger charge is -2.18. The van der Waals surface area contributed by atoms with Gasteiger partial charge in [0.1, 0.15) is 0 Å². The van der Waals surface area contributed by atoms with Crippen LogP contribution < -0.4 is 0 Å². The Bertz CT molecular complexity index is 3870. The Balaban J connectivity index is 1.54. The van der Waals surface area contributed by atoms with Crippen molar-refractivity contribution in [3.05, 3.63) is 157 Å². The van der Waals surface area contributed by atoms with Gasteiger partial charge in [0, 0.05) is 0 Å². The minimum atomic E-state index is -1.06. The lowest BCUT2D eigenvalue weighted by molar-refractivity contribution is 1.59. The number of benzene rings is 10. The molecule has 0 radical (unpaired) electrons. The van der Waals surface area contributed by atoms with E-state index in [2.05, 4.69) is 0 Å². The van der Waals surface area contributed by atoms with Crippen LogP contribution in [0.3, 0.4) is 0 Å². The second-order valence-corrected chi connectivity index (χ2v) is 10.0. The highest BCUT2D eigenvalue weighted by molar-refractivity contribution is 6.27. The van der Waals surface area contributed by atoms with Gasteiger partial charge in [-0.05, 0) is 116 Å². The Morgan fingerprint density at radius 1 is 0.273 bits per heavy atom. The fourth-order valence-corrected chi connectivity index (χ4v) is 5.72. The van der Waals surface area contributed by atoms with Crippen molar-refractivity contribution in [3.8, 4) is 33.4 Å². The maximum Gasteiger partial charge on any atom is 0.0636 e. The average molecular weight is 581 g/mol.